The molecule has 7 heteroatoms. The number of carbonyl (C=O) groups is 3. The van der Waals surface area contributed by atoms with E-state index in [9.17, 15) is 14.4 Å². The Balaban J connectivity index is 2.00. The monoisotopic (exact) mass is 397 g/mol. The van der Waals surface area contributed by atoms with Crippen LogP contribution < -0.4 is 15.5 Å². The highest BCUT2D eigenvalue weighted by Gasteiger charge is 2.21. The minimum atomic E-state index is -1.05. The van der Waals surface area contributed by atoms with Gasteiger partial charge in [0, 0.05) is 39.2 Å². The molecular weight excluding hydrogens is 370 g/mol. The molecule has 0 aromatic heterocycles. The lowest BCUT2D eigenvalue weighted by molar-refractivity contribution is -0.139. The lowest BCUT2D eigenvalue weighted by Crippen LogP contribution is -2.47. The van der Waals surface area contributed by atoms with Crippen LogP contribution in [0.4, 0.5) is 5.69 Å². The van der Waals surface area contributed by atoms with Crippen molar-refractivity contribution in [2.45, 2.75) is 31.8 Å². The third kappa shape index (κ3) is 7.65. The molecule has 0 fully saturated rings. The molecule has 0 aliphatic heterocycles. The molecule has 2 rings (SSSR count). The molecule has 2 aromatic rings. The lowest BCUT2D eigenvalue weighted by atomic mass is 10.0. The summed E-state index contributed by atoms with van der Waals surface area (Å²) in [6, 6.07) is 16.4. The summed E-state index contributed by atoms with van der Waals surface area (Å²) in [6.45, 7) is 0.336. The first-order valence-corrected chi connectivity index (χ1v) is 9.44. The maximum Gasteiger partial charge on any atom is 0.303 e. The molecule has 7 nitrogen and oxygen atoms in total. The number of benzene rings is 2. The Labute approximate surface area is 170 Å². The van der Waals surface area contributed by atoms with Crippen LogP contribution in [0.25, 0.3) is 0 Å². The van der Waals surface area contributed by atoms with Crippen molar-refractivity contribution in [3.63, 3.8) is 0 Å². The lowest BCUT2D eigenvalue weighted by Gasteiger charge is -2.19. The van der Waals surface area contributed by atoms with E-state index in [-0.39, 0.29) is 18.7 Å². The van der Waals surface area contributed by atoms with Crippen molar-refractivity contribution in [1.29, 1.82) is 0 Å². The molecule has 0 bridgehead atoms. The SMILES string of the molecule is CN(C)c1ccc(CNC(=O)[C@@H](Cc2ccccc2)NC(=O)CCC(=O)O)cc1. The molecule has 0 radical (unpaired) electrons. The average Bonchev–Trinajstić information content (AvgIpc) is 2.71. The fourth-order valence-corrected chi connectivity index (χ4v) is 2.77. The molecule has 2 amide bonds. The molecule has 0 unspecified atom stereocenters. The standard InChI is InChI=1S/C22H27N3O4/c1-25(2)18-10-8-17(9-11-18)15-23-22(29)19(14-16-6-4-3-5-7-16)24-20(26)12-13-21(27)28/h3-11,19H,12-15H2,1-2H3,(H,23,29)(H,24,26)(H,27,28)/t19-/m1/s1. The van der Waals surface area contributed by atoms with Gasteiger partial charge >= 0.3 is 5.97 Å². The molecule has 0 saturated heterocycles. The molecule has 3 N–H and O–H groups in total. The Morgan fingerprint density at radius 1 is 0.931 bits per heavy atom. The van der Waals surface area contributed by atoms with Gasteiger partial charge in [-0.25, -0.2) is 0 Å². The summed E-state index contributed by atoms with van der Waals surface area (Å²) in [6.07, 6.45) is -0.116. The summed E-state index contributed by atoms with van der Waals surface area (Å²) in [4.78, 5) is 37.5. The number of carbonyl (C=O) groups excluding carboxylic acids is 2. The van der Waals surface area contributed by atoms with Crippen molar-refractivity contribution in [3.05, 3.63) is 65.7 Å². The van der Waals surface area contributed by atoms with Gasteiger partial charge in [-0.1, -0.05) is 42.5 Å². The highest BCUT2D eigenvalue weighted by atomic mass is 16.4. The van der Waals surface area contributed by atoms with Gasteiger partial charge in [0.15, 0.2) is 0 Å². The van der Waals surface area contributed by atoms with E-state index in [2.05, 4.69) is 10.6 Å². The Bertz CT molecular complexity index is 820. The fourth-order valence-electron chi connectivity index (χ4n) is 2.77. The zero-order valence-corrected chi connectivity index (χ0v) is 16.7. The normalized spacial score (nSPS) is 11.4. The van der Waals surface area contributed by atoms with Crippen LogP contribution in [0.1, 0.15) is 24.0 Å². The summed E-state index contributed by atoms with van der Waals surface area (Å²) >= 11 is 0. The van der Waals surface area contributed by atoms with E-state index in [1.54, 1.807) is 0 Å². The Hall–Kier alpha value is -3.35. The van der Waals surface area contributed by atoms with Crippen LogP contribution in [0.2, 0.25) is 0 Å². The molecule has 0 saturated carbocycles. The molecule has 154 valence electrons. The molecule has 0 aliphatic rings. The van der Waals surface area contributed by atoms with Gasteiger partial charge in [-0.3, -0.25) is 14.4 Å². The summed E-state index contributed by atoms with van der Waals surface area (Å²) in [7, 11) is 3.91. The summed E-state index contributed by atoms with van der Waals surface area (Å²) in [5.74, 6) is -1.82. The number of carboxylic acids is 1. The van der Waals surface area contributed by atoms with Gasteiger partial charge in [-0.15, -0.1) is 0 Å². The number of aliphatic carboxylic acids is 1. The molecule has 0 heterocycles. The second kappa shape index (κ2) is 10.8. The van der Waals surface area contributed by atoms with Gasteiger partial charge in [0.2, 0.25) is 11.8 Å². The number of amides is 2. The number of rotatable bonds is 10. The quantitative estimate of drug-likeness (QED) is 0.569. The summed E-state index contributed by atoms with van der Waals surface area (Å²) in [5.41, 5.74) is 2.91. The van der Waals surface area contributed by atoms with Crippen LogP contribution in [0, 0.1) is 0 Å². The van der Waals surface area contributed by atoms with E-state index in [4.69, 9.17) is 5.11 Å². The largest absolute Gasteiger partial charge is 0.481 e. The van der Waals surface area contributed by atoms with Crippen LogP contribution >= 0.6 is 0 Å². The Morgan fingerprint density at radius 2 is 1.59 bits per heavy atom. The number of nitrogens with one attached hydrogen (secondary N) is 2. The summed E-state index contributed by atoms with van der Waals surface area (Å²) < 4.78 is 0. The smallest absolute Gasteiger partial charge is 0.303 e. The van der Waals surface area contributed by atoms with Crippen LogP contribution in [0.3, 0.4) is 0 Å². The minimum absolute atomic E-state index is 0.167. The molecular formula is C22H27N3O4. The first kappa shape index (κ1) is 21.9. The van der Waals surface area contributed by atoms with E-state index < -0.39 is 17.9 Å². The number of anilines is 1. The number of nitrogens with zero attached hydrogens (tertiary/aromatic N) is 1. The van der Waals surface area contributed by atoms with E-state index in [1.807, 2.05) is 73.6 Å². The maximum atomic E-state index is 12.7. The van der Waals surface area contributed by atoms with Crippen LogP contribution in [0.5, 0.6) is 0 Å². The van der Waals surface area contributed by atoms with E-state index in [0.29, 0.717) is 13.0 Å². The van der Waals surface area contributed by atoms with E-state index >= 15 is 0 Å². The first-order chi connectivity index (χ1) is 13.8. The van der Waals surface area contributed by atoms with Crippen LogP contribution in [-0.2, 0) is 27.3 Å². The van der Waals surface area contributed by atoms with Crippen molar-refractivity contribution in [2.75, 3.05) is 19.0 Å². The van der Waals surface area contributed by atoms with Crippen molar-refractivity contribution < 1.29 is 19.5 Å². The average molecular weight is 397 g/mol. The minimum Gasteiger partial charge on any atom is -0.481 e. The van der Waals surface area contributed by atoms with E-state index in [0.717, 1.165) is 16.8 Å². The zero-order valence-electron chi connectivity index (χ0n) is 16.7. The second-order valence-electron chi connectivity index (χ2n) is 6.98. The molecule has 0 aliphatic carbocycles. The van der Waals surface area contributed by atoms with Crippen molar-refractivity contribution in [2.24, 2.45) is 0 Å². The maximum absolute atomic E-state index is 12.7. The van der Waals surface area contributed by atoms with Gasteiger partial charge < -0.3 is 20.6 Å². The third-order valence-electron chi connectivity index (χ3n) is 4.42. The van der Waals surface area contributed by atoms with Crippen molar-refractivity contribution >= 4 is 23.5 Å². The fraction of sp³-hybridized carbons (Fsp3) is 0.318. The number of hydrogen-bond donors (Lipinski definition) is 3. The van der Waals surface area contributed by atoms with E-state index in [1.165, 1.54) is 0 Å². The number of hydrogen-bond acceptors (Lipinski definition) is 4. The van der Waals surface area contributed by atoms with Gasteiger partial charge in [-0.05, 0) is 23.3 Å². The first-order valence-electron chi connectivity index (χ1n) is 9.44. The number of carboxylic acid groups (broad SMARTS) is 1. The predicted octanol–water partition coefficient (Wildman–Crippen LogP) is 1.96. The van der Waals surface area contributed by atoms with Gasteiger partial charge in [0.1, 0.15) is 6.04 Å². The zero-order chi connectivity index (χ0) is 21.2. The summed E-state index contributed by atoms with van der Waals surface area (Å²) in [5, 5.41) is 14.3. The highest BCUT2D eigenvalue weighted by Crippen LogP contribution is 2.12. The van der Waals surface area contributed by atoms with Crippen LogP contribution in [-0.4, -0.2) is 43.0 Å². The molecule has 0 spiro atoms. The molecule has 1 atom stereocenters. The second-order valence-corrected chi connectivity index (χ2v) is 6.98. The highest BCUT2D eigenvalue weighted by molar-refractivity contribution is 5.88. The van der Waals surface area contributed by atoms with Gasteiger partial charge in [-0.2, -0.15) is 0 Å². The Kier molecular flexibility index (Phi) is 8.21. The topological polar surface area (TPSA) is 98.7 Å². The molecule has 29 heavy (non-hydrogen) atoms. The van der Waals surface area contributed by atoms with Crippen molar-refractivity contribution in [3.8, 4) is 0 Å². The van der Waals surface area contributed by atoms with Crippen LogP contribution in [0.15, 0.2) is 54.6 Å². The molecule has 2 aromatic carbocycles. The predicted molar refractivity (Wildman–Crippen MR) is 112 cm³/mol. The van der Waals surface area contributed by atoms with Crippen molar-refractivity contribution in [1.82, 2.24) is 10.6 Å². The third-order valence-corrected chi connectivity index (χ3v) is 4.42. The Morgan fingerprint density at radius 3 is 2.17 bits per heavy atom. The van der Waals surface area contributed by atoms with Gasteiger partial charge in [0.05, 0.1) is 6.42 Å². The van der Waals surface area contributed by atoms with Gasteiger partial charge in [0.25, 0.3) is 0 Å².